The molecule has 1 amide bonds. The molecule has 0 aliphatic carbocycles. The quantitative estimate of drug-likeness (QED) is 0.785. The number of rotatable bonds is 6. The Morgan fingerprint density at radius 3 is 2.42 bits per heavy atom. The van der Waals surface area contributed by atoms with Gasteiger partial charge in [-0.05, 0) is 37.8 Å². The number of carbonyl (C=O) groups excluding carboxylic acids is 1. The number of hydrogen-bond donors (Lipinski definition) is 2. The summed E-state index contributed by atoms with van der Waals surface area (Å²) in [5, 5.41) is 0. The molecule has 24 heavy (non-hydrogen) atoms. The third-order valence-corrected chi connectivity index (χ3v) is 5.80. The van der Waals surface area contributed by atoms with Gasteiger partial charge in [-0.15, -0.1) is 12.4 Å². The lowest BCUT2D eigenvalue weighted by molar-refractivity contribution is -0.132. The molecule has 1 aromatic carbocycles. The Bertz CT molecular complexity index is 615. The van der Waals surface area contributed by atoms with Crippen molar-refractivity contribution in [2.24, 2.45) is 11.7 Å². The summed E-state index contributed by atoms with van der Waals surface area (Å²) in [7, 11) is -3.54. The molecule has 0 bridgehead atoms. The molecule has 0 saturated carbocycles. The number of piperidine rings is 1. The number of nitrogens with two attached hydrogens (primary N) is 1. The zero-order valence-electron chi connectivity index (χ0n) is 13.8. The summed E-state index contributed by atoms with van der Waals surface area (Å²) in [6, 6.07) is 8.31. The van der Waals surface area contributed by atoms with E-state index in [4.69, 9.17) is 5.73 Å². The van der Waals surface area contributed by atoms with Gasteiger partial charge in [0.25, 0.3) is 0 Å². The maximum atomic E-state index is 12.2. The highest BCUT2D eigenvalue weighted by molar-refractivity contribution is 7.89. The van der Waals surface area contributed by atoms with Crippen LogP contribution in [0.5, 0.6) is 0 Å². The molecule has 136 valence electrons. The number of nitrogens with one attached hydrogen (secondary N) is 1. The van der Waals surface area contributed by atoms with Crippen LogP contribution in [0.2, 0.25) is 0 Å². The third kappa shape index (κ3) is 5.73. The van der Waals surface area contributed by atoms with Gasteiger partial charge >= 0.3 is 0 Å². The molecule has 1 aromatic rings. The van der Waals surface area contributed by atoms with Crippen LogP contribution in [0.15, 0.2) is 35.2 Å². The van der Waals surface area contributed by atoms with Gasteiger partial charge in [0.05, 0.1) is 4.90 Å². The molecule has 2 rings (SSSR count). The van der Waals surface area contributed by atoms with Gasteiger partial charge in [-0.2, -0.15) is 0 Å². The molecule has 1 unspecified atom stereocenters. The average Bonchev–Trinajstić information content (AvgIpc) is 2.55. The lowest BCUT2D eigenvalue weighted by Gasteiger charge is -2.33. The molecular formula is C16H26ClN3O3S. The molecule has 8 heteroatoms. The van der Waals surface area contributed by atoms with Crippen LogP contribution >= 0.6 is 12.4 Å². The monoisotopic (exact) mass is 375 g/mol. The second-order valence-corrected chi connectivity index (χ2v) is 7.81. The van der Waals surface area contributed by atoms with E-state index in [1.165, 1.54) is 12.1 Å². The standard InChI is InChI=1S/C16H25N3O3S.ClH/c1-13(17)14-8-11-19(12-9-14)16(20)7-10-18-23(21,22)15-5-3-2-4-6-15;/h2-6,13-14,18H,7-12,17H2,1H3;1H. The molecule has 1 atom stereocenters. The molecule has 1 heterocycles. The van der Waals surface area contributed by atoms with Crippen LogP contribution in [0.25, 0.3) is 0 Å². The van der Waals surface area contributed by atoms with Crippen molar-refractivity contribution < 1.29 is 13.2 Å². The van der Waals surface area contributed by atoms with Gasteiger partial charge in [-0.25, -0.2) is 13.1 Å². The van der Waals surface area contributed by atoms with E-state index in [-0.39, 0.29) is 42.2 Å². The van der Waals surface area contributed by atoms with Gasteiger partial charge in [0.2, 0.25) is 15.9 Å². The lowest BCUT2D eigenvalue weighted by atomic mass is 9.91. The second kappa shape index (κ2) is 9.36. The maximum absolute atomic E-state index is 12.2. The number of halogens is 1. The smallest absolute Gasteiger partial charge is 0.240 e. The molecule has 0 spiro atoms. The number of carbonyl (C=O) groups is 1. The van der Waals surface area contributed by atoms with Crippen molar-refractivity contribution in [1.82, 2.24) is 9.62 Å². The summed E-state index contributed by atoms with van der Waals surface area (Å²) < 4.78 is 26.6. The Labute approximate surface area is 150 Å². The van der Waals surface area contributed by atoms with E-state index in [1.807, 2.05) is 6.92 Å². The first kappa shape index (κ1) is 20.9. The Morgan fingerprint density at radius 2 is 1.88 bits per heavy atom. The van der Waals surface area contributed by atoms with Gasteiger partial charge in [0, 0.05) is 32.1 Å². The van der Waals surface area contributed by atoms with Crippen molar-refractivity contribution in [1.29, 1.82) is 0 Å². The molecule has 0 aromatic heterocycles. The summed E-state index contributed by atoms with van der Waals surface area (Å²) in [5.41, 5.74) is 5.89. The summed E-state index contributed by atoms with van der Waals surface area (Å²) in [5.74, 6) is 0.458. The predicted octanol–water partition coefficient (Wildman–Crippen LogP) is 1.36. The Morgan fingerprint density at radius 1 is 1.29 bits per heavy atom. The first-order valence-corrected chi connectivity index (χ1v) is 9.46. The minimum atomic E-state index is -3.54. The van der Waals surface area contributed by atoms with Gasteiger partial charge < -0.3 is 10.6 Å². The molecule has 1 aliphatic heterocycles. The topological polar surface area (TPSA) is 92.5 Å². The average molecular weight is 376 g/mol. The van der Waals surface area contributed by atoms with Crippen LogP contribution in [0.4, 0.5) is 0 Å². The van der Waals surface area contributed by atoms with E-state index in [1.54, 1.807) is 23.1 Å². The largest absolute Gasteiger partial charge is 0.343 e. The summed E-state index contributed by atoms with van der Waals surface area (Å²) >= 11 is 0. The van der Waals surface area contributed by atoms with E-state index < -0.39 is 10.0 Å². The highest BCUT2D eigenvalue weighted by Gasteiger charge is 2.24. The number of nitrogens with zero attached hydrogens (tertiary/aromatic N) is 1. The third-order valence-electron chi connectivity index (χ3n) is 4.32. The minimum absolute atomic E-state index is 0. The molecule has 1 aliphatic rings. The first-order valence-electron chi connectivity index (χ1n) is 7.98. The van der Waals surface area contributed by atoms with E-state index in [0.717, 1.165) is 12.8 Å². The number of amides is 1. The fourth-order valence-electron chi connectivity index (χ4n) is 2.81. The molecular weight excluding hydrogens is 350 g/mol. The van der Waals surface area contributed by atoms with Crippen LogP contribution < -0.4 is 10.5 Å². The highest BCUT2D eigenvalue weighted by atomic mass is 35.5. The molecule has 1 fully saturated rings. The Hall–Kier alpha value is -1.15. The molecule has 1 saturated heterocycles. The fraction of sp³-hybridized carbons (Fsp3) is 0.562. The number of benzene rings is 1. The van der Waals surface area contributed by atoms with E-state index in [0.29, 0.717) is 19.0 Å². The van der Waals surface area contributed by atoms with E-state index in [9.17, 15) is 13.2 Å². The second-order valence-electron chi connectivity index (χ2n) is 6.04. The molecule has 0 radical (unpaired) electrons. The minimum Gasteiger partial charge on any atom is -0.343 e. The first-order chi connectivity index (χ1) is 10.9. The highest BCUT2D eigenvalue weighted by Crippen LogP contribution is 2.19. The molecule has 3 N–H and O–H groups in total. The predicted molar refractivity (Wildman–Crippen MR) is 96.4 cm³/mol. The van der Waals surface area contributed by atoms with Crippen LogP contribution in [-0.4, -0.2) is 44.9 Å². The van der Waals surface area contributed by atoms with Crippen LogP contribution in [-0.2, 0) is 14.8 Å². The van der Waals surface area contributed by atoms with Crippen molar-refractivity contribution in [3.8, 4) is 0 Å². The Kier molecular flexibility index (Phi) is 8.15. The number of likely N-dealkylation sites (tertiary alicyclic amines) is 1. The number of hydrogen-bond acceptors (Lipinski definition) is 4. The van der Waals surface area contributed by atoms with Gasteiger partial charge in [-0.3, -0.25) is 4.79 Å². The summed E-state index contributed by atoms with van der Waals surface area (Å²) in [6.07, 6.45) is 2.01. The lowest BCUT2D eigenvalue weighted by Crippen LogP contribution is -2.43. The normalized spacial score (nSPS) is 17.2. The van der Waals surface area contributed by atoms with Crippen molar-refractivity contribution in [3.05, 3.63) is 30.3 Å². The SMILES string of the molecule is CC(N)C1CCN(C(=O)CCNS(=O)(=O)c2ccccc2)CC1.Cl. The van der Waals surface area contributed by atoms with Crippen molar-refractivity contribution >= 4 is 28.3 Å². The maximum Gasteiger partial charge on any atom is 0.240 e. The van der Waals surface area contributed by atoms with Gasteiger partial charge in [-0.1, -0.05) is 18.2 Å². The Balaban J connectivity index is 0.00000288. The number of sulfonamides is 1. The summed E-state index contributed by atoms with van der Waals surface area (Å²) in [6.45, 7) is 3.52. The van der Waals surface area contributed by atoms with Gasteiger partial charge in [0.1, 0.15) is 0 Å². The summed E-state index contributed by atoms with van der Waals surface area (Å²) in [4.78, 5) is 14.2. The van der Waals surface area contributed by atoms with Crippen molar-refractivity contribution in [2.75, 3.05) is 19.6 Å². The van der Waals surface area contributed by atoms with E-state index in [2.05, 4.69) is 4.72 Å². The molecule has 6 nitrogen and oxygen atoms in total. The zero-order chi connectivity index (χ0) is 16.9. The van der Waals surface area contributed by atoms with Crippen LogP contribution in [0.3, 0.4) is 0 Å². The van der Waals surface area contributed by atoms with Crippen molar-refractivity contribution in [2.45, 2.75) is 37.1 Å². The van der Waals surface area contributed by atoms with Crippen molar-refractivity contribution in [3.63, 3.8) is 0 Å². The van der Waals surface area contributed by atoms with Gasteiger partial charge in [0.15, 0.2) is 0 Å². The zero-order valence-corrected chi connectivity index (χ0v) is 15.5. The fourth-order valence-corrected chi connectivity index (χ4v) is 3.86. The van der Waals surface area contributed by atoms with E-state index >= 15 is 0 Å². The van der Waals surface area contributed by atoms with Crippen LogP contribution in [0, 0.1) is 5.92 Å². The van der Waals surface area contributed by atoms with Crippen LogP contribution in [0.1, 0.15) is 26.2 Å².